The third kappa shape index (κ3) is 2.47. The second-order valence-corrected chi connectivity index (χ2v) is 4.42. The van der Waals surface area contributed by atoms with Crippen LogP contribution in [0.3, 0.4) is 0 Å². The lowest BCUT2D eigenvalue weighted by Crippen LogP contribution is -2.31. The van der Waals surface area contributed by atoms with Gasteiger partial charge in [-0.3, -0.25) is 14.3 Å². The van der Waals surface area contributed by atoms with Gasteiger partial charge in [0.15, 0.2) is 0 Å². The van der Waals surface area contributed by atoms with Gasteiger partial charge in [-0.2, -0.15) is 0 Å². The SMILES string of the molecule is Nc1cn(Cc2ccccc2Br)c(=O)[nH]c1=O. The molecule has 0 aliphatic rings. The summed E-state index contributed by atoms with van der Waals surface area (Å²) in [5.41, 5.74) is 5.39. The first kappa shape index (κ1) is 11.7. The number of nitrogen functional groups attached to an aromatic ring is 1. The quantitative estimate of drug-likeness (QED) is 0.865. The molecule has 0 saturated heterocycles. The fourth-order valence-electron chi connectivity index (χ4n) is 1.45. The van der Waals surface area contributed by atoms with Crippen molar-refractivity contribution in [1.29, 1.82) is 0 Å². The van der Waals surface area contributed by atoms with Crippen molar-refractivity contribution in [2.45, 2.75) is 6.54 Å². The Morgan fingerprint density at radius 2 is 2.00 bits per heavy atom. The van der Waals surface area contributed by atoms with Crippen LogP contribution in [0.1, 0.15) is 5.56 Å². The number of H-pyrrole nitrogens is 1. The minimum Gasteiger partial charge on any atom is -0.393 e. The first-order valence-corrected chi connectivity index (χ1v) is 5.70. The normalized spacial score (nSPS) is 10.4. The Labute approximate surface area is 105 Å². The highest BCUT2D eigenvalue weighted by Gasteiger charge is 2.04. The van der Waals surface area contributed by atoms with Crippen LogP contribution in [-0.4, -0.2) is 9.55 Å². The summed E-state index contributed by atoms with van der Waals surface area (Å²) in [4.78, 5) is 24.8. The maximum absolute atomic E-state index is 11.5. The maximum atomic E-state index is 11.5. The number of aromatic amines is 1. The summed E-state index contributed by atoms with van der Waals surface area (Å²) in [5.74, 6) is 0. The Hall–Kier alpha value is -1.82. The van der Waals surface area contributed by atoms with E-state index in [1.165, 1.54) is 10.8 Å². The van der Waals surface area contributed by atoms with E-state index in [1.807, 2.05) is 24.3 Å². The van der Waals surface area contributed by atoms with E-state index >= 15 is 0 Å². The number of aromatic nitrogens is 2. The fraction of sp³-hybridized carbons (Fsp3) is 0.0909. The third-order valence-corrected chi connectivity index (χ3v) is 3.11. The van der Waals surface area contributed by atoms with Crippen LogP contribution < -0.4 is 17.0 Å². The van der Waals surface area contributed by atoms with Gasteiger partial charge in [-0.25, -0.2) is 4.79 Å². The number of benzene rings is 1. The zero-order chi connectivity index (χ0) is 12.4. The minimum atomic E-state index is -0.557. The lowest BCUT2D eigenvalue weighted by molar-refractivity contribution is 0.721. The van der Waals surface area contributed by atoms with Gasteiger partial charge in [0, 0.05) is 10.7 Å². The molecule has 2 rings (SSSR count). The molecule has 0 fully saturated rings. The van der Waals surface area contributed by atoms with Gasteiger partial charge in [-0.15, -0.1) is 0 Å². The van der Waals surface area contributed by atoms with E-state index in [-0.39, 0.29) is 5.69 Å². The largest absolute Gasteiger partial charge is 0.393 e. The zero-order valence-electron chi connectivity index (χ0n) is 8.81. The molecule has 0 unspecified atom stereocenters. The molecule has 1 aromatic heterocycles. The summed E-state index contributed by atoms with van der Waals surface area (Å²) in [6.07, 6.45) is 1.35. The molecular weight excluding hydrogens is 286 g/mol. The van der Waals surface area contributed by atoms with Crippen molar-refractivity contribution in [3.8, 4) is 0 Å². The second-order valence-electron chi connectivity index (χ2n) is 3.56. The van der Waals surface area contributed by atoms with Crippen LogP contribution in [0, 0.1) is 0 Å². The number of halogens is 1. The van der Waals surface area contributed by atoms with E-state index in [1.54, 1.807) is 0 Å². The van der Waals surface area contributed by atoms with Gasteiger partial charge in [-0.1, -0.05) is 34.1 Å². The Kier molecular flexibility index (Phi) is 3.14. The molecule has 17 heavy (non-hydrogen) atoms. The van der Waals surface area contributed by atoms with Crippen LogP contribution in [0.15, 0.2) is 44.5 Å². The molecule has 5 nitrogen and oxygen atoms in total. The minimum absolute atomic E-state index is 0.0247. The molecule has 0 spiro atoms. The van der Waals surface area contributed by atoms with E-state index in [2.05, 4.69) is 20.9 Å². The van der Waals surface area contributed by atoms with Crippen molar-refractivity contribution in [1.82, 2.24) is 9.55 Å². The summed E-state index contributed by atoms with van der Waals surface area (Å²) in [6, 6.07) is 7.53. The van der Waals surface area contributed by atoms with E-state index in [9.17, 15) is 9.59 Å². The van der Waals surface area contributed by atoms with Crippen molar-refractivity contribution in [3.05, 3.63) is 61.3 Å². The van der Waals surface area contributed by atoms with Crippen LogP contribution >= 0.6 is 15.9 Å². The van der Waals surface area contributed by atoms with Crippen LogP contribution in [0.25, 0.3) is 0 Å². The summed E-state index contributed by atoms with van der Waals surface area (Å²) in [7, 11) is 0. The molecule has 0 aliphatic heterocycles. The fourth-order valence-corrected chi connectivity index (χ4v) is 1.86. The number of rotatable bonds is 2. The predicted octanol–water partition coefficient (Wildman–Crippen LogP) is 0.930. The highest BCUT2D eigenvalue weighted by molar-refractivity contribution is 9.10. The molecule has 2 aromatic rings. The first-order chi connectivity index (χ1) is 8.08. The van der Waals surface area contributed by atoms with E-state index in [4.69, 9.17) is 5.73 Å². The second kappa shape index (κ2) is 4.58. The lowest BCUT2D eigenvalue weighted by atomic mass is 10.2. The topological polar surface area (TPSA) is 80.9 Å². The van der Waals surface area contributed by atoms with E-state index in [0.717, 1.165) is 10.0 Å². The Morgan fingerprint density at radius 1 is 1.29 bits per heavy atom. The molecule has 0 radical (unpaired) electrons. The monoisotopic (exact) mass is 295 g/mol. The molecule has 3 N–H and O–H groups in total. The maximum Gasteiger partial charge on any atom is 0.328 e. The summed E-state index contributed by atoms with van der Waals surface area (Å²) in [6.45, 7) is 0.348. The van der Waals surface area contributed by atoms with Crippen LogP contribution in [0.5, 0.6) is 0 Å². The van der Waals surface area contributed by atoms with Crippen molar-refractivity contribution >= 4 is 21.6 Å². The number of anilines is 1. The number of hydrogen-bond acceptors (Lipinski definition) is 3. The third-order valence-electron chi connectivity index (χ3n) is 2.34. The number of nitrogens with two attached hydrogens (primary N) is 1. The Bertz CT molecular complexity index is 660. The van der Waals surface area contributed by atoms with Crippen molar-refractivity contribution in [3.63, 3.8) is 0 Å². The predicted molar refractivity (Wildman–Crippen MR) is 69.0 cm³/mol. The highest BCUT2D eigenvalue weighted by atomic mass is 79.9. The molecule has 88 valence electrons. The molecule has 1 aromatic carbocycles. The molecular formula is C11H10BrN3O2. The summed E-state index contributed by atoms with van der Waals surface area (Å²) in [5, 5.41) is 0. The molecule has 0 saturated carbocycles. The molecule has 0 aliphatic carbocycles. The summed E-state index contributed by atoms with van der Waals surface area (Å²) >= 11 is 3.39. The molecule has 1 heterocycles. The van der Waals surface area contributed by atoms with Crippen LogP contribution in [-0.2, 0) is 6.54 Å². The standard InChI is InChI=1S/C11H10BrN3O2/c12-8-4-2-1-3-7(8)5-15-6-9(13)10(16)14-11(15)17/h1-4,6H,5,13H2,(H,14,16,17). The highest BCUT2D eigenvalue weighted by Crippen LogP contribution is 2.16. The van der Waals surface area contributed by atoms with Gasteiger partial charge in [0.1, 0.15) is 5.69 Å². The van der Waals surface area contributed by atoms with Gasteiger partial charge < -0.3 is 5.73 Å². The number of hydrogen-bond donors (Lipinski definition) is 2. The average Bonchev–Trinajstić information content (AvgIpc) is 2.29. The van der Waals surface area contributed by atoms with Gasteiger partial charge in [-0.05, 0) is 11.6 Å². The van der Waals surface area contributed by atoms with Crippen molar-refractivity contribution < 1.29 is 0 Å². The number of nitrogens with one attached hydrogen (secondary N) is 1. The number of nitrogens with zero attached hydrogens (tertiary/aromatic N) is 1. The molecule has 0 bridgehead atoms. The lowest BCUT2D eigenvalue weighted by Gasteiger charge is -2.07. The molecule has 0 amide bonds. The Morgan fingerprint density at radius 3 is 2.71 bits per heavy atom. The molecule has 0 atom stereocenters. The van der Waals surface area contributed by atoms with Crippen LogP contribution in [0.4, 0.5) is 5.69 Å². The van der Waals surface area contributed by atoms with Crippen LogP contribution in [0.2, 0.25) is 0 Å². The smallest absolute Gasteiger partial charge is 0.328 e. The average molecular weight is 296 g/mol. The van der Waals surface area contributed by atoms with Gasteiger partial charge in [0.2, 0.25) is 0 Å². The van der Waals surface area contributed by atoms with Gasteiger partial charge >= 0.3 is 5.69 Å². The summed E-state index contributed by atoms with van der Waals surface area (Å²) < 4.78 is 2.26. The van der Waals surface area contributed by atoms with E-state index in [0.29, 0.717) is 6.54 Å². The first-order valence-electron chi connectivity index (χ1n) is 4.90. The Balaban J connectivity index is 2.44. The van der Waals surface area contributed by atoms with Crippen molar-refractivity contribution in [2.24, 2.45) is 0 Å². The molecule has 6 heteroatoms. The van der Waals surface area contributed by atoms with E-state index < -0.39 is 11.2 Å². The zero-order valence-corrected chi connectivity index (χ0v) is 10.4. The van der Waals surface area contributed by atoms with Crippen molar-refractivity contribution in [2.75, 3.05) is 5.73 Å². The van der Waals surface area contributed by atoms with Gasteiger partial charge in [0.25, 0.3) is 5.56 Å². The van der Waals surface area contributed by atoms with Gasteiger partial charge in [0.05, 0.1) is 6.54 Å².